The summed E-state index contributed by atoms with van der Waals surface area (Å²) in [6.45, 7) is 2.93. The average molecular weight is 190 g/mol. The van der Waals surface area contributed by atoms with E-state index in [1.165, 1.54) is 0 Å². The van der Waals surface area contributed by atoms with Gasteiger partial charge in [-0.3, -0.25) is 5.10 Å². The molecular formula is C11H14N2O. The van der Waals surface area contributed by atoms with Crippen LogP contribution in [0, 0.1) is 0 Å². The predicted molar refractivity (Wildman–Crippen MR) is 56.5 cm³/mol. The lowest BCUT2D eigenvalue weighted by molar-refractivity contribution is 0.312. The maximum absolute atomic E-state index is 5.65. The first-order chi connectivity index (χ1) is 6.92. The molecule has 2 rings (SSSR count). The van der Waals surface area contributed by atoms with Gasteiger partial charge in [0.2, 0.25) is 0 Å². The summed E-state index contributed by atoms with van der Waals surface area (Å²) in [6, 6.07) is 5.97. The number of unbranched alkanes of at least 4 members (excludes halogenated alkanes) is 1. The SMILES string of the molecule is CCCCOc1cccc2cn[nH]c12. The van der Waals surface area contributed by atoms with Crippen LogP contribution in [0.25, 0.3) is 10.9 Å². The molecule has 0 radical (unpaired) electrons. The van der Waals surface area contributed by atoms with Gasteiger partial charge in [-0.2, -0.15) is 5.10 Å². The monoisotopic (exact) mass is 190 g/mol. The van der Waals surface area contributed by atoms with E-state index in [0.29, 0.717) is 0 Å². The van der Waals surface area contributed by atoms with Crippen molar-refractivity contribution in [3.05, 3.63) is 24.4 Å². The summed E-state index contributed by atoms with van der Waals surface area (Å²) >= 11 is 0. The van der Waals surface area contributed by atoms with E-state index in [2.05, 4.69) is 17.1 Å². The second-order valence-electron chi connectivity index (χ2n) is 3.29. The first-order valence-corrected chi connectivity index (χ1v) is 4.96. The molecule has 74 valence electrons. The molecule has 2 aromatic rings. The van der Waals surface area contributed by atoms with Crippen LogP contribution in [0.1, 0.15) is 19.8 Å². The number of benzene rings is 1. The van der Waals surface area contributed by atoms with E-state index in [-0.39, 0.29) is 0 Å². The number of aromatic amines is 1. The Hall–Kier alpha value is -1.51. The minimum absolute atomic E-state index is 0.772. The normalized spacial score (nSPS) is 10.6. The molecule has 3 heteroatoms. The van der Waals surface area contributed by atoms with E-state index in [1.54, 1.807) is 0 Å². The lowest BCUT2D eigenvalue weighted by Gasteiger charge is -2.05. The van der Waals surface area contributed by atoms with Gasteiger partial charge in [0, 0.05) is 5.39 Å². The lowest BCUT2D eigenvalue weighted by Crippen LogP contribution is -1.96. The van der Waals surface area contributed by atoms with Crippen molar-refractivity contribution in [2.75, 3.05) is 6.61 Å². The van der Waals surface area contributed by atoms with Crippen LogP contribution in [0.2, 0.25) is 0 Å². The number of para-hydroxylation sites is 1. The van der Waals surface area contributed by atoms with Crippen molar-refractivity contribution in [3.63, 3.8) is 0 Å². The molecule has 0 aliphatic heterocycles. The summed E-state index contributed by atoms with van der Waals surface area (Å²) in [5.74, 6) is 0.897. The molecule has 0 saturated heterocycles. The average Bonchev–Trinajstić information content (AvgIpc) is 2.67. The van der Waals surface area contributed by atoms with Crippen LogP contribution in [0.3, 0.4) is 0 Å². The van der Waals surface area contributed by atoms with E-state index in [4.69, 9.17) is 4.74 Å². The Kier molecular flexibility index (Phi) is 2.68. The second-order valence-corrected chi connectivity index (χ2v) is 3.29. The third kappa shape index (κ3) is 1.71. The van der Waals surface area contributed by atoms with Crippen molar-refractivity contribution < 1.29 is 4.74 Å². The molecular weight excluding hydrogens is 176 g/mol. The molecule has 0 saturated carbocycles. The molecule has 0 spiro atoms. The molecule has 1 N–H and O–H groups in total. The number of ether oxygens (including phenoxy) is 1. The Labute approximate surface area is 83.1 Å². The fraction of sp³-hybridized carbons (Fsp3) is 0.364. The molecule has 14 heavy (non-hydrogen) atoms. The smallest absolute Gasteiger partial charge is 0.144 e. The summed E-state index contributed by atoms with van der Waals surface area (Å²) in [5, 5.41) is 8.02. The van der Waals surface area contributed by atoms with Crippen LogP contribution >= 0.6 is 0 Å². The molecule has 1 heterocycles. The third-order valence-corrected chi connectivity index (χ3v) is 2.19. The number of H-pyrrole nitrogens is 1. The highest BCUT2D eigenvalue weighted by atomic mass is 16.5. The Balaban J connectivity index is 2.19. The first-order valence-electron chi connectivity index (χ1n) is 4.96. The summed E-state index contributed by atoms with van der Waals surface area (Å²) < 4.78 is 5.65. The zero-order valence-electron chi connectivity index (χ0n) is 8.29. The maximum Gasteiger partial charge on any atom is 0.144 e. The van der Waals surface area contributed by atoms with E-state index >= 15 is 0 Å². The zero-order chi connectivity index (χ0) is 9.80. The molecule has 0 amide bonds. The van der Waals surface area contributed by atoms with E-state index in [1.807, 2.05) is 24.4 Å². The van der Waals surface area contributed by atoms with Crippen LogP contribution in [0.15, 0.2) is 24.4 Å². The van der Waals surface area contributed by atoms with Gasteiger partial charge in [0.25, 0.3) is 0 Å². The summed E-state index contributed by atoms with van der Waals surface area (Å²) in [6.07, 6.45) is 4.05. The Morgan fingerprint density at radius 3 is 3.21 bits per heavy atom. The first kappa shape index (κ1) is 9.06. The minimum Gasteiger partial charge on any atom is -0.491 e. The topological polar surface area (TPSA) is 37.9 Å². The number of nitrogens with one attached hydrogen (secondary N) is 1. The molecule has 0 aliphatic carbocycles. The highest BCUT2D eigenvalue weighted by Gasteiger charge is 2.02. The number of nitrogens with zero attached hydrogens (tertiary/aromatic N) is 1. The second kappa shape index (κ2) is 4.13. The van der Waals surface area contributed by atoms with Gasteiger partial charge in [0.15, 0.2) is 0 Å². The van der Waals surface area contributed by atoms with Crippen LogP contribution in [-0.4, -0.2) is 16.8 Å². The molecule has 0 bridgehead atoms. The number of hydrogen-bond acceptors (Lipinski definition) is 2. The maximum atomic E-state index is 5.65. The van der Waals surface area contributed by atoms with Gasteiger partial charge in [0.1, 0.15) is 11.3 Å². The van der Waals surface area contributed by atoms with Gasteiger partial charge in [-0.05, 0) is 12.5 Å². The number of hydrogen-bond donors (Lipinski definition) is 1. The number of aromatic nitrogens is 2. The highest BCUT2D eigenvalue weighted by molar-refractivity contribution is 5.83. The quantitative estimate of drug-likeness (QED) is 0.753. The fourth-order valence-corrected chi connectivity index (χ4v) is 1.39. The van der Waals surface area contributed by atoms with E-state index in [9.17, 15) is 0 Å². The Bertz CT molecular complexity index is 408. The van der Waals surface area contributed by atoms with Crippen molar-refractivity contribution in [3.8, 4) is 5.75 Å². The molecule has 1 aromatic carbocycles. The van der Waals surface area contributed by atoms with Crippen molar-refractivity contribution in [2.24, 2.45) is 0 Å². The molecule has 1 aromatic heterocycles. The van der Waals surface area contributed by atoms with Gasteiger partial charge < -0.3 is 4.74 Å². The largest absolute Gasteiger partial charge is 0.491 e. The van der Waals surface area contributed by atoms with Crippen molar-refractivity contribution in [1.82, 2.24) is 10.2 Å². The van der Waals surface area contributed by atoms with Crippen LogP contribution < -0.4 is 4.74 Å². The Morgan fingerprint density at radius 2 is 2.36 bits per heavy atom. The molecule has 3 nitrogen and oxygen atoms in total. The summed E-state index contributed by atoms with van der Waals surface area (Å²) in [7, 11) is 0. The minimum atomic E-state index is 0.772. The Morgan fingerprint density at radius 1 is 1.43 bits per heavy atom. The fourth-order valence-electron chi connectivity index (χ4n) is 1.39. The number of rotatable bonds is 4. The van der Waals surface area contributed by atoms with Gasteiger partial charge >= 0.3 is 0 Å². The summed E-state index contributed by atoms with van der Waals surface area (Å²) in [5.41, 5.74) is 0.989. The molecule has 0 aliphatic rings. The molecule has 0 unspecified atom stereocenters. The zero-order valence-corrected chi connectivity index (χ0v) is 8.29. The number of fused-ring (bicyclic) bond motifs is 1. The lowest BCUT2D eigenvalue weighted by atomic mass is 10.2. The van der Waals surface area contributed by atoms with E-state index < -0.39 is 0 Å². The van der Waals surface area contributed by atoms with Crippen molar-refractivity contribution in [2.45, 2.75) is 19.8 Å². The van der Waals surface area contributed by atoms with Crippen LogP contribution in [0.5, 0.6) is 5.75 Å². The highest BCUT2D eigenvalue weighted by Crippen LogP contribution is 2.22. The molecule has 0 atom stereocenters. The van der Waals surface area contributed by atoms with Gasteiger partial charge in [-0.15, -0.1) is 0 Å². The van der Waals surface area contributed by atoms with Gasteiger partial charge in [-0.25, -0.2) is 0 Å². The van der Waals surface area contributed by atoms with Gasteiger partial charge in [-0.1, -0.05) is 25.5 Å². The van der Waals surface area contributed by atoms with Crippen molar-refractivity contribution in [1.29, 1.82) is 0 Å². The van der Waals surface area contributed by atoms with Crippen LogP contribution in [-0.2, 0) is 0 Å². The predicted octanol–water partition coefficient (Wildman–Crippen LogP) is 2.74. The van der Waals surface area contributed by atoms with E-state index in [0.717, 1.165) is 36.1 Å². The standard InChI is InChI=1S/C11H14N2O/c1-2-3-7-14-10-6-4-5-9-8-12-13-11(9)10/h4-6,8H,2-3,7H2,1H3,(H,12,13). The van der Waals surface area contributed by atoms with Crippen molar-refractivity contribution >= 4 is 10.9 Å². The third-order valence-electron chi connectivity index (χ3n) is 2.19. The van der Waals surface area contributed by atoms with Gasteiger partial charge in [0.05, 0.1) is 12.8 Å². The van der Waals surface area contributed by atoms with Crippen LogP contribution in [0.4, 0.5) is 0 Å². The summed E-state index contributed by atoms with van der Waals surface area (Å²) in [4.78, 5) is 0. The molecule has 0 fully saturated rings.